The number of aryl methyl sites for hydroxylation is 1. The smallest absolute Gasteiger partial charge is 0.386 e. The first-order valence-electron chi connectivity index (χ1n) is 12.7. The number of halogens is 3. The molecule has 2 heterocycles. The number of anilines is 1. The zero-order chi connectivity index (χ0) is 28.7. The van der Waals surface area contributed by atoms with E-state index in [1.54, 1.807) is 23.0 Å². The number of amides is 1. The van der Waals surface area contributed by atoms with E-state index in [2.05, 4.69) is 19.8 Å². The van der Waals surface area contributed by atoms with Gasteiger partial charge in [0, 0.05) is 27.7 Å². The van der Waals surface area contributed by atoms with E-state index in [1.807, 2.05) is 30.3 Å². The SMILES string of the molecule is CC(C)(O)c1cc2nn(CCS(=O)(=NC3CC3)c3ccccc3)cc2cc1NC(=O)c1cccc(C(F)(F)F)n1. The Morgan fingerprint density at radius 3 is 2.50 bits per heavy atom. The number of carbonyl (C=O) groups is 1. The maximum absolute atomic E-state index is 13.8. The third-order valence-corrected chi connectivity index (χ3v) is 8.83. The zero-order valence-corrected chi connectivity index (χ0v) is 22.7. The standard InChI is InChI=1S/C28H28F3N5O3S/c1-27(2,38)21-16-23-18(15-24(21)33-26(37)22-9-6-10-25(32-22)28(29,30)31)17-36(34-23)13-14-40(39,35-19-11-12-19)20-7-4-3-5-8-20/h3-10,15-17,19,38H,11-14H2,1-2H3,(H,33,37). The quantitative estimate of drug-likeness (QED) is 0.285. The van der Waals surface area contributed by atoms with Crippen molar-refractivity contribution in [3.05, 3.63) is 83.8 Å². The normalized spacial score (nSPS) is 15.6. The highest BCUT2D eigenvalue weighted by atomic mass is 32.2. The van der Waals surface area contributed by atoms with Crippen molar-refractivity contribution in [1.82, 2.24) is 14.8 Å². The number of fused-ring (bicyclic) bond motifs is 1. The molecular weight excluding hydrogens is 543 g/mol. The number of benzene rings is 2. The second kappa shape index (κ2) is 10.3. The van der Waals surface area contributed by atoms with E-state index in [0.29, 0.717) is 27.9 Å². The van der Waals surface area contributed by atoms with Crippen molar-refractivity contribution < 1.29 is 27.3 Å². The Hall–Kier alpha value is -3.77. The summed E-state index contributed by atoms with van der Waals surface area (Å²) in [6.45, 7) is 3.36. The number of pyridine rings is 1. The predicted octanol–water partition coefficient (Wildman–Crippen LogP) is 5.62. The predicted molar refractivity (Wildman–Crippen MR) is 145 cm³/mol. The number of carbonyl (C=O) groups excluding carboxylic acids is 1. The second-order valence-corrected chi connectivity index (χ2v) is 12.6. The molecule has 2 aromatic heterocycles. The Bertz CT molecular complexity index is 1680. The number of nitrogens with one attached hydrogen (secondary N) is 1. The number of nitrogens with zero attached hydrogens (tertiary/aromatic N) is 4. The van der Waals surface area contributed by atoms with E-state index >= 15 is 0 Å². The van der Waals surface area contributed by atoms with Gasteiger partial charge in [0.1, 0.15) is 11.4 Å². The molecule has 1 saturated carbocycles. The van der Waals surface area contributed by atoms with Crippen molar-refractivity contribution in [2.45, 2.75) is 55.9 Å². The molecule has 1 amide bonds. The zero-order valence-electron chi connectivity index (χ0n) is 21.9. The van der Waals surface area contributed by atoms with E-state index in [4.69, 9.17) is 0 Å². The summed E-state index contributed by atoms with van der Waals surface area (Å²) in [5.41, 5.74) is -1.95. The number of aliphatic hydroxyl groups is 1. The van der Waals surface area contributed by atoms with Crippen molar-refractivity contribution >= 4 is 32.2 Å². The molecular formula is C28H28F3N5O3S. The van der Waals surface area contributed by atoms with Gasteiger partial charge in [-0.05, 0) is 63.1 Å². The number of hydrogen-bond acceptors (Lipinski definition) is 6. The molecule has 4 aromatic rings. The van der Waals surface area contributed by atoms with Crippen LogP contribution in [0.4, 0.5) is 18.9 Å². The lowest BCUT2D eigenvalue weighted by atomic mass is 9.95. The Balaban J connectivity index is 1.44. The van der Waals surface area contributed by atoms with Crippen LogP contribution < -0.4 is 5.32 Å². The third-order valence-electron chi connectivity index (χ3n) is 6.45. The van der Waals surface area contributed by atoms with Gasteiger partial charge in [-0.1, -0.05) is 24.3 Å². The highest BCUT2D eigenvalue weighted by molar-refractivity contribution is 7.93. The number of hydrogen-bond donors (Lipinski definition) is 2. The fourth-order valence-electron chi connectivity index (χ4n) is 4.25. The summed E-state index contributed by atoms with van der Waals surface area (Å²) >= 11 is 0. The van der Waals surface area contributed by atoms with Gasteiger partial charge in [0.15, 0.2) is 0 Å². The number of aromatic nitrogens is 3. The van der Waals surface area contributed by atoms with Gasteiger partial charge in [-0.2, -0.15) is 18.3 Å². The van der Waals surface area contributed by atoms with E-state index in [-0.39, 0.29) is 17.5 Å². The van der Waals surface area contributed by atoms with Crippen LogP contribution in [0.5, 0.6) is 0 Å². The number of rotatable bonds is 8. The van der Waals surface area contributed by atoms with E-state index in [9.17, 15) is 27.3 Å². The molecule has 40 heavy (non-hydrogen) atoms. The van der Waals surface area contributed by atoms with Crippen LogP contribution in [0.1, 0.15) is 48.4 Å². The van der Waals surface area contributed by atoms with Crippen LogP contribution in [0.2, 0.25) is 0 Å². The Morgan fingerprint density at radius 1 is 1.12 bits per heavy atom. The molecule has 0 saturated heterocycles. The minimum Gasteiger partial charge on any atom is -0.386 e. The molecule has 1 aliphatic carbocycles. The highest BCUT2D eigenvalue weighted by Gasteiger charge is 2.33. The molecule has 1 unspecified atom stereocenters. The molecule has 2 N–H and O–H groups in total. The number of alkyl halides is 3. The molecule has 0 aliphatic heterocycles. The van der Waals surface area contributed by atoms with E-state index in [1.165, 1.54) is 19.9 Å². The Kier molecular flexibility index (Phi) is 7.17. The molecule has 210 valence electrons. The summed E-state index contributed by atoms with van der Waals surface area (Å²) in [7, 11) is -2.66. The van der Waals surface area contributed by atoms with Crippen LogP contribution in [0, 0.1) is 0 Å². The van der Waals surface area contributed by atoms with Crippen molar-refractivity contribution in [2.75, 3.05) is 11.1 Å². The van der Waals surface area contributed by atoms with Gasteiger partial charge in [-0.3, -0.25) is 9.48 Å². The van der Waals surface area contributed by atoms with E-state index in [0.717, 1.165) is 25.0 Å². The van der Waals surface area contributed by atoms with Gasteiger partial charge in [-0.15, -0.1) is 0 Å². The third kappa shape index (κ3) is 6.18. The molecule has 0 bridgehead atoms. The van der Waals surface area contributed by atoms with Crippen LogP contribution in [0.3, 0.4) is 0 Å². The first-order chi connectivity index (χ1) is 18.8. The second-order valence-electron chi connectivity index (χ2n) is 10.3. The fourth-order valence-corrected chi connectivity index (χ4v) is 6.43. The van der Waals surface area contributed by atoms with Crippen LogP contribution in [0.15, 0.2) is 76.1 Å². The van der Waals surface area contributed by atoms with E-state index < -0.39 is 38.8 Å². The summed E-state index contributed by atoms with van der Waals surface area (Å²) in [4.78, 5) is 17.0. The first-order valence-corrected chi connectivity index (χ1v) is 14.4. The lowest BCUT2D eigenvalue weighted by Crippen LogP contribution is -2.22. The van der Waals surface area contributed by atoms with Crippen LogP contribution in [0.25, 0.3) is 10.9 Å². The van der Waals surface area contributed by atoms with Crippen molar-refractivity contribution in [3.8, 4) is 0 Å². The first kappa shape index (κ1) is 27.8. The van der Waals surface area contributed by atoms with Crippen molar-refractivity contribution in [1.29, 1.82) is 0 Å². The van der Waals surface area contributed by atoms with Gasteiger partial charge in [0.2, 0.25) is 0 Å². The molecule has 2 aromatic carbocycles. The molecule has 12 heteroatoms. The van der Waals surface area contributed by atoms with Gasteiger partial charge < -0.3 is 10.4 Å². The van der Waals surface area contributed by atoms with Crippen molar-refractivity contribution in [3.63, 3.8) is 0 Å². The fraction of sp³-hybridized carbons (Fsp3) is 0.321. The molecule has 1 aliphatic rings. The Labute approximate surface area is 229 Å². The maximum atomic E-state index is 13.8. The van der Waals surface area contributed by atoms with Gasteiger partial charge in [-0.25, -0.2) is 13.6 Å². The average Bonchev–Trinajstić information content (AvgIpc) is 3.62. The minimum atomic E-state index is -4.70. The summed E-state index contributed by atoms with van der Waals surface area (Å²) in [5, 5.41) is 18.6. The summed E-state index contributed by atoms with van der Waals surface area (Å²) in [5.74, 6) is -0.599. The van der Waals surface area contributed by atoms with Gasteiger partial charge in [0.05, 0.1) is 39.2 Å². The molecule has 5 rings (SSSR count). The molecule has 1 fully saturated rings. The Morgan fingerprint density at radius 2 is 1.85 bits per heavy atom. The lowest BCUT2D eigenvalue weighted by Gasteiger charge is -2.22. The summed E-state index contributed by atoms with van der Waals surface area (Å²) in [6, 6.07) is 15.6. The highest BCUT2D eigenvalue weighted by Crippen LogP contribution is 2.33. The lowest BCUT2D eigenvalue weighted by molar-refractivity contribution is -0.141. The molecule has 0 spiro atoms. The van der Waals surface area contributed by atoms with Gasteiger partial charge in [0.25, 0.3) is 5.91 Å². The van der Waals surface area contributed by atoms with Crippen LogP contribution >= 0.6 is 0 Å². The summed E-state index contributed by atoms with van der Waals surface area (Å²) < 4.78 is 59.4. The van der Waals surface area contributed by atoms with Crippen molar-refractivity contribution in [2.24, 2.45) is 4.36 Å². The minimum absolute atomic E-state index is 0.108. The largest absolute Gasteiger partial charge is 0.433 e. The monoisotopic (exact) mass is 571 g/mol. The molecule has 1 atom stereocenters. The van der Waals surface area contributed by atoms with Crippen LogP contribution in [-0.4, -0.2) is 41.8 Å². The summed E-state index contributed by atoms with van der Waals surface area (Å²) in [6.07, 6.45) is -1.11. The topological polar surface area (TPSA) is 109 Å². The molecule has 8 nitrogen and oxygen atoms in total. The van der Waals surface area contributed by atoms with Crippen LogP contribution in [-0.2, 0) is 28.1 Å². The maximum Gasteiger partial charge on any atom is 0.433 e. The average molecular weight is 572 g/mol. The van der Waals surface area contributed by atoms with Gasteiger partial charge >= 0.3 is 6.18 Å². The molecule has 0 radical (unpaired) electrons.